The Morgan fingerprint density at radius 1 is 1.40 bits per heavy atom. The molecule has 1 N–H and O–H groups in total. The molecule has 0 aromatic heterocycles. The van der Waals surface area contributed by atoms with E-state index in [1.165, 1.54) is 25.7 Å². The number of likely N-dealkylation sites (tertiary alicyclic amines) is 1. The van der Waals surface area contributed by atoms with E-state index in [4.69, 9.17) is 0 Å². The van der Waals surface area contributed by atoms with E-state index in [-0.39, 0.29) is 5.91 Å². The second kappa shape index (κ2) is 7.74. The van der Waals surface area contributed by atoms with Crippen LogP contribution in [0.5, 0.6) is 0 Å². The third kappa shape index (κ3) is 4.56. The average molecular weight is 280 g/mol. The summed E-state index contributed by atoms with van der Waals surface area (Å²) in [6.07, 6.45) is 8.54. The molecule has 20 heavy (non-hydrogen) atoms. The number of aliphatic imine (C=N–C) groups is 1. The first kappa shape index (κ1) is 15.4. The van der Waals surface area contributed by atoms with Crippen LogP contribution in [0.25, 0.3) is 0 Å². The summed E-state index contributed by atoms with van der Waals surface area (Å²) in [6, 6.07) is 0.660. The highest BCUT2D eigenvalue weighted by Gasteiger charge is 2.26. The minimum atomic E-state index is 0.0646. The van der Waals surface area contributed by atoms with Gasteiger partial charge in [-0.05, 0) is 52.2 Å². The zero-order valence-corrected chi connectivity index (χ0v) is 12.8. The summed E-state index contributed by atoms with van der Waals surface area (Å²) in [4.78, 5) is 20.4. The zero-order chi connectivity index (χ0) is 14.4. The van der Waals surface area contributed by atoms with E-state index in [1.807, 2.05) is 0 Å². The largest absolute Gasteiger partial charge is 0.355 e. The van der Waals surface area contributed by atoms with Crippen LogP contribution in [0.3, 0.4) is 0 Å². The van der Waals surface area contributed by atoms with E-state index in [0.717, 1.165) is 32.6 Å². The highest BCUT2D eigenvalue weighted by Crippen LogP contribution is 2.21. The summed E-state index contributed by atoms with van der Waals surface area (Å²) in [5, 5.41) is 2.87. The Kier molecular flexibility index (Phi) is 5.98. The molecule has 0 aliphatic carbocycles. The molecular weight excluding hydrogens is 252 g/mol. The van der Waals surface area contributed by atoms with Crippen LogP contribution in [0.1, 0.15) is 39.0 Å². The summed E-state index contributed by atoms with van der Waals surface area (Å²) in [6.45, 7) is 5.57. The lowest BCUT2D eigenvalue weighted by Crippen LogP contribution is -2.48. The molecule has 0 saturated carbocycles. The molecule has 0 bridgehead atoms. The van der Waals surface area contributed by atoms with Crippen LogP contribution in [-0.4, -0.2) is 67.4 Å². The van der Waals surface area contributed by atoms with Crippen molar-refractivity contribution in [3.05, 3.63) is 0 Å². The Balaban J connectivity index is 1.69. The van der Waals surface area contributed by atoms with Crippen molar-refractivity contribution >= 4 is 12.1 Å². The maximum absolute atomic E-state index is 10.9. The van der Waals surface area contributed by atoms with Gasteiger partial charge in [0.05, 0.1) is 0 Å². The quantitative estimate of drug-likeness (QED) is 0.820. The molecule has 0 aromatic rings. The number of piperidine rings is 1. The van der Waals surface area contributed by atoms with Gasteiger partial charge in [0, 0.05) is 32.3 Å². The average Bonchev–Trinajstić information content (AvgIpc) is 2.48. The molecule has 5 nitrogen and oxygen atoms in total. The molecule has 5 heteroatoms. The van der Waals surface area contributed by atoms with Gasteiger partial charge >= 0.3 is 0 Å². The number of nitrogens with one attached hydrogen (secondary N) is 1. The maximum Gasteiger partial charge on any atom is 0.216 e. The van der Waals surface area contributed by atoms with Crippen molar-refractivity contribution in [2.24, 2.45) is 4.99 Å². The van der Waals surface area contributed by atoms with Crippen LogP contribution in [0.15, 0.2) is 4.99 Å². The molecule has 1 amide bonds. The van der Waals surface area contributed by atoms with Crippen molar-refractivity contribution < 1.29 is 4.79 Å². The highest BCUT2D eigenvalue weighted by atomic mass is 16.1. The molecule has 1 atom stereocenters. The van der Waals surface area contributed by atoms with E-state index in [1.54, 1.807) is 6.92 Å². The molecule has 1 fully saturated rings. The Labute approximate surface area is 122 Å². The Bertz CT molecular complexity index is 337. The van der Waals surface area contributed by atoms with Gasteiger partial charge in [-0.2, -0.15) is 0 Å². The molecular formula is C15H28N4O. The molecule has 1 unspecified atom stereocenters. The highest BCUT2D eigenvalue weighted by molar-refractivity contribution is 5.72. The summed E-state index contributed by atoms with van der Waals surface area (Å²) >= 11 is 0. The van der Waals surface area contributed by atoms with E-state index in [2.05, 4.69) is 33.4 Å². The number of hydrogen-bond donors (Lipinski definition) is 1. The van der Waals surface area contributed by atoms with Crippen molar-refractivity contribution in [1.82, 2.24) is 15.1 Å². The SMILES string of the molecule is CC(=O)NCCN1CCC(N(C)C2CCCC=N2)CC1. The van der Waals surface area contributed by atoms with Crippen LogP contribution in [0.2, 0.25) is 0 Å². The summed E-state index contributed by atoms with van der Waals surface area (Å²) in [5.41, 5.74) is 0. The third-order valence-corrected chi connectivity index (χ3v) is 4.48. The monoisotopic (exact) mass is 280 g/mol. The second-order valence-corrected chi connectivity index (χ2v) is 5.96. The fourth-order valence-electron chi connectivity index (χ4n) is 3.15. The minimum absolute atomic E-state index is 0.0646. The van der Waals surface area contributed by atoms with Crippen molar-refractivity contribution in [1.29, 1.82) is 0 Å². The summed E-state index contributed by atoms with van der Waals surface area (Å²) in [5.74, 6) is 0.0646. The summed E-state index contributed by atoms with van der Waals surface area (Å²) < 4.78 is 0. The first-order valence-electron chi connectivity index (χ1n) is 7.87. The molecule has 114 valence electrons. The fourth-order valence-corrected chi connectivity index (χ4v) is 3.15. The number of hydrogen-bond acceptors (Lipinski definition) is 4. The van der Waals surface area contributed by atoms with Gasteiger partial charge in [0.1, 0.15) is 6.17 Å². The van der Waals surface area contributed by atoms with Gasteiger partial charge in [-0.1, -0.05) is 0 Å². The van der Waals surface area contributed by atoms with Crippen LogP contribution < -0.4 is 5.32 Å². The topological polar surface area (TPSA) is 47.9 Å². The number of carbonyl (C=O) groups excluding carboxylic acids is 1. The van der Waals surface area contributed by atoms with Crippen LogP contribution in [0, 0.1) is 0 Å². The van der Waals surface area contributed by atoms with Gasteiger partial charge in [-0.3, -0.25) is 14.7 Å². The smallest absolute Gasteiger partial charge is 0.216 e. The molecule has 2 aliphatic rings. The molecule has 1 saturated heterocycles. The van der Waals surface area contributed by atoms with Crippen LogP contribution in [-0.2, 0) is 4.79 Å². The fraction of sp³-hybridized carbons (Fsp3) is 0.867. The van der Waals surface area contributed by atoms with E-state index in [9.17, 15) is 4.79 Å². The number of carbonyl (C=O) groups is 1. The van der Waals surface area contributed by atoms with Crippen LogP contribution in [0.4, 0.5) is 0 Å². The third-order valence-electron chi connectivity index (χ3n) is 4.48. The predicted molar refractivity (Wildman–Crippen MR) is 82.0 cm³/mol. The number of rotatable bonds is 5. The maximum atomic E-state index is 10.9. The van der Waals surface area contributed by atoms with Gasteiger partial charge in [0.25, 0.3) is 0 Å². The lowest BCUT2D eigenvalue weighted by molar-refractivity contribution is -0.119. The van der Waals surface area contributed by atoms with Crippen LogP contribution >= 0.6 is 0 Å². The first-order chi connectivity index (χ1) is 9.66. The molecule has 2 heterocycles. The van der Waals surface area contributed by atoms with Gasteiger partial charge in [0.2, 0.25) is 5.91 Å². The van der Waals surface area contributed by atoms with Gasteiger partial charge in [-0.25, -0.2) is 0 Å². The number of amides is 1. The predicted octanol–water partition coefficient (Wildman–Crippen LogP) is 1.10. The normalized spacial score (nSPS) is 25.1. The Morgan fingerprint density at radius 3 is 2.75 bits per heavy atom. The number of nitrogens with zero attached hydrogens (tertiary/aromatic N) is 3. The Hall–Kier alpha value is -0.940. The van der Waals surface area contributed by atoms with Gasteiger partial charge in [-0.15, -0.1) is 0 Å². The van der Waals surface area contributed by atoms with E-state index in [0.29, 0.717) is 12.2 Å². The van der Waals surface area contributed by atoms with Gasteiger partial charge in [0.15, 0.2) is 0 Å². The lowest BCUT2D eigenvalue weighted by atomic mass is 10.0. The minimum Gasteiger partial charge on any atom is -0.355 e. The van der Waals surface area contributed by atoms with Crippen molar-refractivity contribution in [3.63, 3.8) is 0 Å². The standard InChI is InChI=1S/C15H28N4O/c1-13(20)16-9-12-19-10-6-14(7-11-19)18(2)15-5-3-4-8-17-15/h8,14-15H,3-7,9-12H2,1-2H3,(H,16,20). The summed E-state index contributed by atoms with van der Waals surface area (Å²) in [7, 11) is 2.23. The molecule has 0 spiro atoms. The lowest BCUT2D eigenvalue weighted by Gasteiger charge is -2.39. The van der Waals surface area contributed by atoms with Gasteiger partial charge < -0.3 is 10.2 Å². The second-order valence-electron chi connectivity index (χ2n) is 5.96. The zero-order valence-electron chi connectivity index (χ0n) is 12.8. The Morgan fingerprint density at radius 2 is 2.15 bits per heavy atom. The van der Waals surface area contributed by atoms with E-state index >= 15 is 0 Å². The van der Waals surface area contributed by atoms with Crippen molar-refractivity contribution in [2.45, 2.75) is 51.2 Å². The van der Waals surface area contributed by atoms with Crippen molar-refractivity contribution in [3.8, 4) is 0 Å². The molecule has 2 rings (SSSR count). The molecule has 0 aromatic carbocycles. The first-order valence-corrected chi connectivity index (χ1v) is 7.87. The van der Waals surface area contributed by atoms with Crippen molar-refractivity contribution in [2.75, 3.05) is 33.2 Å². The molecule has 0 radical (unpaired) electrons. The van der Waals surface area contributed by atoms with E-state index < -0.39 is 0 Å². The molecule has 2 aliphatic heterocycles.